The molecule has 0 aliphatic carbocycles. The molecule has 2 rings (SSSR count). The van der Waals surface area contributed by atoms with Gasteiger partial charge in [0, 0.05) is 14.8 Å². The molecule has 0 fully saturated rings. The summed E-state index contributed by atoms with van der Waals surface area (Å²) >= 11 is 8.10. The van der Waals surface area contributed by atoms with Crippen LogP contribution in [0.5, 0.6) is 0 Å². The van der Waals surface area contributed by atoms with Gasteiger partial charge in [-0.3, -0.25) is 0 Å². The van der Waals surface area contributed by atoms with Crippen LogP contribution in [0.2, 0.25) is 5.02 Å². The number of halogens is 2. The van der Waals surface area contributed by atoms with Crippen molar-refractivity contribution in [1.29, 1.82) is 0 Å². The SMILES string of the molecule is Nc1ncccc1Nc1ccc(Cl)cc1I. The number of hydrogen-bond acceptors (Lipinski definition) is 3. The fourth-order valence-electron chi connectivity index (χ4n) is 1.26. The van der Waals surface area contributed by atoms with Crippen molar-refractivity contribution in [1.82, 2.24) is 4.98 Å². The van der Waals surface area contributed by atoms with Crippen LogP contribution in [0.3, 0.4) is 0 Å². The van der Waals surface area contributed by atoms with E-state index in [2.05, 4.69) is 32.9 Å². The number of anilines is 3. The normalized spacial score (nSPS) is 10.1. The highest BCUT2D eigenvalue weighted by Gasteiger charge is 2.03. The minimum atomic E-state index is 0.480. The average Bonchev–Trinajstić information content (AvgIpc) is 2.25. The molecule has 0 saturated carbocycles. The highest BCUT2D eigenvalue weighted by Crippen LogP contribution is 2.27. The summed E-state index contributed by atoms with van der Waals surface area (Å²) in [6.45, 7) is 0. The van der Waals surface area contributed by atoms with Crippen molar-refractivity contribution in [2.75, 3.05) is 11.1 Å². The standard InChI is InChI=1S/C11H9ClIN3/c12-7-3-4-9(8(13)6-7)16-10-2-1-5-15-11(10)14/h1-6,16H,(H2,14,15). The van der Waals surface area contributed by atoms with Gasteiger partial charge in [-0.25, -0.2) is 4.98 Å². The van der Waals surface area contributed by atoms with Crippen LogP contribution in [0, 0.1) is 3.57 Å². The Morgan fingerprint density at radius 2 is 2.06 bits per heavy atom. The maximum Gasteiger partial charge on any atom is 0.147 e. The topological polar surface area (TPSA) is 50.9 Å². The Balaban J connectivity index is 2.31. The lowest BCUT2D eigenvalue weighted by molar-refractivity contribution is 1.33. The van der Waals surface area contributed by atoms with Crippen LogP contribution < -0.4 is 11.1 Å². The molecule has 0 aliphatic heterocycles. The van der Waals surface area contributed by atoms with Gasteiger partial charge in [-0.15, -0.1) is 0 Å². The first-order valence-corrected chi connectivity index (χ1v) is 6.05. The highest BCUT2D eigenvalue weighted by atomic mass is 127. The monoisotopic (exact) mass is 345 g/mol. The van der Waals surface area contributed by atoms with Crippen molar-refractivity contribution >= 4 is 51.4 Å². The predicted molar refractivity (Wildman–Crippen MR) is 76.1 cm³/mol. The molecule has 0 saturated heterocycles. The maximum atomic E-state index is 5.88. The van der Waals surface area contributed by atoms with Crippen LogP contribution in [0.1, 0.15) is 0 Å². The van der Waals surface area contributed by atoms with Crippen LogP contribution in [0.4, 0.5) is 17.2 Å². The Kier molecular flexibility index (Phi) is 3.50. The largest absolute Gasteiger partial charge is 0.382 e. The maximum absolute atomic E-state index is 5.88. The summed E-state index contributed by atoms with van der Waals surface area (Å²) in [4.78, 5) is 4.01. The smallest absolute Gasteiger partial charge is 0.147 e. The van der Waals surface area contributed by atoms with Crippen molar-refractivity contribution in [2.24, 2.45) is 0 Å². The van der Waals surface area contributed by atoms with E-state index in [-0.39, 0.29) is 0 Å². The zero-order valence-electron chi connectivity index (χ0n) is 8.24. The first-order valence-electron chi connectivity index (χ1n) is 4.59. The number of nitrogens with zero attached hydrogens (tertiary/aromatic N) is 1. The lowest BCUT2D eigenvalue weighted by atomic mass is 10.3. The summed E-state index contributed by atoms with van der Waals surface area (Å²) in [6, 6.07) is 9.35. The average molecular weight is 346 g/mol. The first kappa shape index (κ1) is 11.5. The van der Waals surface area contributed by atoms with Gasteiger partial charge in [0.25, 0.3) is 0 Å². The van der Waals surface area contributed by atoms with Crippen molar-refractivity contribution in [2.45, 2.75) is 0 Å². The quantitative estimate of drug-likeness (QED) is 0.817. The van der Waals surface area contributed by atoms with E-state index in [9.17, 15) is 0 Å². The molecule has 0 unspecified atom stereocenters. The second-order valence-electron chi connectivity index (χ2n) is 3.19. The predicted octanol–water partition coefficient (Wildman–Crippen LogP) is 3.67. The number of hydrogen-bond donors (Lipinski definition) is 2. The fraction of sp³-hybridized carbons (Fsp3) is 0. The molecule has 16 heavy (non-hydrogen) atoms. The molecule has 82 valence electrons. The third-order valence-electron chi connectivity index (χ3n) is 2.04. The number of pyridine rings is 1. The lowest BCUT2D eigenvalue weighted by Gasteiger charge is -2.10. The van der Waals surface area contributed by atoms with Gasteiger partial charge in [0.05, 0.1) is 11.4 Å². The van der Waals surface area contributed by atoms with E-state index in [0.29, 0.717) is 10.8 Å². The van der Waals surface area contributed by atoms with Gasteiger partial charge < -0.3 is 11.1 Å². The van der Waals surface area contributed by atoms with Crippen LogP contribution in [0.15, 0.2) is 36.5 Å². The number of rotatable bonds is 2. The molecule has 1 aromatic carbocycles. The highest BCUT2D eigenvalue weighted by molar-refractivity contribution is 14.1. The molecule has 0 atom stereocenters. The molecule has 0 amide bonds. The van der Waals surface area contributed by atoms with Crippen LogP contribution in [0.25, 0.3) is 0 Å². The summed E-state index contributed by atoms with van der Waals surface area (Å²) in [5.41, 5.74) is 7.50. The minimum absolute atomic E-state index is 0.480. The summed E-state index contributed by atoms with van der Waals surface area (Å²) in [7, 11) is 0. The summed E-state index contributed by atoms with van der Waals surface area (Å²) < 4.78 is 1.04. The molecule has 1 heterocycles. The van der Waals surface area contributed by atoms with E-state index in [1.165, 1.54) is 0 Å². The van der Waals surface area contributed by atoms with E-state index in [1.807, 2.05) is 30.3 Å². The Morgan fingerprint density at radius 1 is 1.25 bits per heavy atom. The lowest BCUT2D eigenvalue weighted by Crippen LogP contribution is -1.99. The van der Waals surface area contributed by atoms with Gasteiger partial charge in [0.15, 0.2) is 0 Å². The van der Waals surface area contributed by atoms with Gasteiger partial charge in [-0.1, -0.05) is 11.6 Å². The molecule has 5 heteroatoms. The van der Waals surface area contributed by atoms with Gasteiger partial charge in [-0.2, -0.15) is 0 Å². The third-order valence-corrected chi connectivity index (χ3v) is 3.17. The number of benzene rings is 1. The molecule has 2 aromatic rings. The third kappa shape index (κ3) is 2.56. The molecule has 3 N–H and O–H groups in total. The van der Waals surface area contributed by atoms with E-state index < -0.39 is 0 Å². The van der Waals surface area contributed by atoms with Gasteiger partial charge in [-0.05, 0) is 52.9 Å². The Bertz CT molecular complexity index is 516. The van der Waals surface area contributed by atoms with E-state index in [0.717, 1.165) is 14.9 Å². The molecule has 3 nitrogen and oxygen atoms in total. The zero-order chi connectivity index (χ0) is 11.5. The van der Waals surface area contributed by atoms with E-state index in [1.54, 1.807) is 6.20 Å². The summed E-state index contributed by atoms with van der Waals surface area (Å²) in [6.07, 6.45) is 1.66. The second kappa shape index (κ2) is 4.88. The Labute approximate surface area is 112 Å². The van der Waals surface area contributed by atoms with E-state index in [4.69, 9.17) is 17.3 Å². The molecular formula is C11H9ClIN3. The van der Waals surface area contributed by atoms with Gasteiger partial charge in [0.2, 0.25) is 0 Å². The summed E-state index contributed by atoms with van der Waals surface area (Å²) in [5.74, 6) is 0.480. The number of nitrogen functional groups attached to an aromatic ring is 1. The number of nitrogens with one attached hydrogen (secondary N) is 1. The molecule has 0 spiro atoms. The van der Waals surface area contributed by atoms with Crippen molar-refractivity contribution in [3.8, 4) is 0 Å². The zero-order valence-corrected chi connectivity index (χ0v) is 11.2. The van der Waals surface area contributed by atoms with Crippen molar-refractivity contribution in [3.05, 3.63) is 45.1 Å². The van der Waals surface area contributed by atoms with Crippen LogP contribution in [-0.2, 0) is 0 Å². The second-order valence-corrected chi connectivity index (χ2v) is 4.78. The summed E-state index contributed by atoms with van der Waals surface area (Å²) in [5, 5.41) is 3.93. The van der Waals surface area contributed by atoms with Gasteiger partial charge >= 0.3 is 0 Å². The van der Waals surface area contributed by atoms with Crippen LogP contribution >= 0.6 is 34.2 Å². The molecule has 1 aromatic heterocycles. The van der Waals surface area contributed by atoms with Crippen LogP contribution in [-0.4, -0.2) is 4.98 Å². The minimum Gasteiger partial charge on any atom is -0.382 e. The molecule has 0 bridgehead atoms. The Hall–Kier alpha value is -1.01. The fourth-order valence-corrected chi connectivity index (χ4v) is 2.27. The number of aromatic nitrogens is 1. The Morgan fingerprint density at radius 3 is 2.75 bits per heavy atom. The molecule has 0 aliphatic rings. The van der Waals surface area contributed by atoms with Crippen molar-refractivity contribution < 1.29 is 0 Å². The van der Waals surface area contributed by atoms with Gasteiger partial charge in [0.1, 0.15) is 5.82 Å². The number of nitrogens with two attached hydrogens (primary N) is 1. The molecule has 0 radical (unpaired) electrons. The van der Waals surface area contributed by atoms with E-state index >= 15 is 0 Å². The van der Waals surface area contributed by atoms with Crippen molar-refractivity contribution in [3.63, 3.8) is 0 Å². The molecular weight excluding hydrogens is 336 g/mol. The first-order chi connectivity index (χ1) is 7.66.